The molecule has 1 aromatic carbocycles. The second-order valence-corrected chi connectivity index (χ2v) is 5.63. The molecule has 104 valence electrons. The predicted molar refractivity (Wildman–Crippen MR) is 78.5 cm³/mol. The molecular weight excluding hydrogens is 252 g/mol. The molecule has 1 aromatic rings. The SMILES string of the molecule is CC1(C)CCCN1c1ccc(/C=C/C(=O)O)cc1C#N. The summed E-state index contributed by atoms with van der Waals surface area (Å²) in [4.78, 5) is 12.8. The van der Waals surface area contributed by atoms with E-state index >= 15 is 0 Å². The summed E-state index contributed by atoms with van der Waals surface area (Å²) in [6, 6.07) is 7.72. The minimum Gasteiger partial charge on any atom is -0.478 e. The van der Waals surface area contributed by atoms with Gasteiger partial charge in [-0.2, -0.15) is 5.26 Å². The third-order valence-corrected chi connectivity index (χ3v) is 3.75. The van der Waals surface area contributed by atoms with E-state index in [1.54, 1.807) is 6.07 Å². The Balaban J connectivity index is 2.37. The summed E-state index contributed by atoms with van der Waals surface area (Å²) in [7, 11) is 0. The van der Waals surface area contributed by atoms with Gasteiger partial charge in [0.15, 0.2) is 0 Å². The average Bonchev–Trinajstić information content (AvgIpc) is 2.75. The summed E-state index contributed by atoms with van der Waals surface area (Å²) in [5.41, 5.74) is 2.31. The first-order valence-electron chi connectivity index (χ1n) is 6.67. The number of carbonyl (C=O) groups is 1. The van der Waals surface area contributed by atoms with Crippen molar-refractivity contribution >= 4 is 17.7 Å². The second kappa shape index (κ2) is 5.38. The molecule has 0 unspecified atom stereocenters. The number of rotatable bonds is 3. The molecule has 1 saturated heterocycles. The summed E-state index contributed by atoms with van der Waals surface area (Å²) in [5, 5.41) is 18.0. The van der Waals surface area contributed by atoms with Gasteiger partial charge in [0.25, 0.3) is 0 Å². The van der Waals surface area contributed by atoms with Gasteiger partial charge in [0.1, 0.15) is 6.07 Å². The van der Waals surface area contributed by atoms with Crippen LogP contribution in [0.4, 0.5) is 5.69 Å². The van der Waals surface area contributed by atoms with E-state index in [2.05, 4.69) is 24.8 Å². The van der Waals surface area contributed by atoms with Crippen molar-refractivity contribution in [3.63, 3.8) is 0 Å². The predicted octanol–water partition coefficient (Wildman–Crippen LogP) is 3.03. The van der Waals surface area contributed by atoms with Crippen LogP contribution in [0.2, 0.25) is 0 Å². The Morgan fingerprint density at radius 3 is 2.80 bits per heavy atom. The van der Waals surface area contributed by atoms with E-state index in [9.17, 15) is 10.1 Å². The number of nitrogens with zero attached hydrogens (tertiary/aromatic N) is 2. The minimum atomic E-state index is -0.992. The van der Waals surface area contributed by atoms with Crippen LogP contribution >= 0.6 is 0 Å². The first kappa shape index (κ1) is 14.1. The van der Waals surface area contributed by atoms with Crippen molar-refractivity contribution in [1.82, 2.24) is 0 Å². The molecule has 1 N–H and O–H groups in total. The summed E-state index contributed by atoms with van der Waals surface area (Å²) in [6.07, 6.45) is 4.81. The molecule has 0 bridgehead atoms. The molecule has 0 aliphatic carbocycles. The van der Waals surface area contributed by atoms with Gasteiger partial charge in [-0.15, -0.1) is 0 Å². The van der Waals surface area contributed by atoms with Crippen LogP contribution in [0.3, 0.4) is 0 Å². The topological polar surface area (TPSA) is 64.3 Å². The summed E-state index contributed by atoms with van der Waals surface area (Å²) in [5.74, 6) is -0.992. The zero-order valence-electron chi connectivity index (χ0n) is 11.8. The van der Waals surface area contributed by atoms with E-state index in [4.69, 9.17) is 5.11 Å². The molecule has 0 spiro atoms. The molecule has 0 atom stereocenters. The van der Waals surface area contributed by atoms with Crippen molar-refractivity contribution in [2.75, 3.05) is 11.4 Å². The smallest absolute Gasteiger partial charge is 0.328 e. The van der Waals surface area contributed by atoms with E-state index in [0.29, 0.717) is 5.56 Å². The zero-order valence-corrected chi connectivity index (χ0v) is 11.8. The van der Waals surface area contributed by atoms with Gasteiger partial charge in [-0.1, -0.05) is 6.07 Å². The molecule has 2 rings (SSSR count). The van der Waals surface area contributed by atoms with Crippen LogP contribution < -0.4 is 4.90 Å². The molecule has 0 saturated carbocycles. The molecule has 0 amide bonds. The lowest BCUT2D eigenvalue weighted by molar-refractivity contribution is -0.131. The number of nitriles is 1. The van der Waals surface area contributed by atoms with Crippen molar-refractivity contribution in [1.29, 1.82) is 5.26 Å². The van der Waals surface area contributed by atoms with E-state index in [-0.39, 0.29) is 5.54 Å². The fraction of sp³-hybridized carbons (Fsp3) is 0.375. The van der Waals surface area contributed by atoms with Crippen LogP contribution in [0.1, 0.15) is 37.8 Å². The largest absolute Gasteiger partial charge is 0.478 e. The third-order valence-electron chi connectivity index (χ3n) is 3.75. The quantitative estimate of drug-likeness (QED) is 0.857. The highest BCUT2D eigenvalue weighted by molar-refractivity contribution is 5.85. The normalized spacial score (nSPS) is 17.4. The van der Waals surface area contributed by atoms with E-state index in [1.165, 1.54) is 6.08 Å². The third kappa shape index (κ3) is 2.83. The fourth-order valence-corrected chi connectivity index (χ4v) is 2.70. The van der Waals surface area contributed by atoms with Crippen molar-refractivity contribution in [3.8, 4) is 6.07 Å². The number of benzene rings is 1. The lowest BCUT2D eigenvalue weighted by Gasteiger charge is -2.34. The Morgan fingerprint density at radius 1 is 1.50 bits per heavy atom. The number of carboxylic acid groups (broad SMARTS) is 1. The second-order valence-electron chi connectivity index (χ2n) is 5.63. The molecule has 4 nitrogen and oxygen atoms in total. The number of hydrogen-bond acceptors (Lipinski definition) is 3. The lowest BCUT2D eigenvalue weighted by Crippen LogP contribution is -2.38. The van der Waals surface area contributed by atoms with Gasteiger partial charge in [-0.05, 0) is 50.5 Å². The summed E-state index contributed by atoms with van der Waals surface area (Å²) in [6.45, 7) is 5.31. The van der Waals surface area contributed by atoms with Crippen LogP contribution in [0.25, 0.3) is 6.08 Å². The molecule has 1 aliphatic heterocycles. The molecule has 4 heteroatoms. The Bertz CT molecular complexity index is 597. The Labute approximate surface area is 118 Å². The van der Waals surface area contributed by atoms with Crippen LogP contribution in [0, 0.1) is 11.3 Å². The highest BCUT2D eigenvalue weighted by atomic mass is 16.4. The van der Waals surface area contributed by atoms with Gasteiger partial charge < -0.3 is 10.0 Å². The number of aliphatic carboxylic acids is 1. The van der Waals surface area contributed by atoms with Crippen molar-refractivity contribution in [3.05, 3.63) is 35.4 Å². The van der Waals surface area contributed by atoms with Crippen LogP contribution in [-0.2, 0) is 4.79 Å². The molecule has 0 aromatic heterocycles. The molecule has 1 fully saturated rings. The molecular formula is C16H18N2O2. The Hall–Kier alpha value is -2.28. The molecule has 20 heavy (non-hydrogen) atoms. The van der Waals surface area contributed by atoms with Gasteiger partial charge >= 0.3 is 5.97 Å². The van der Waals surface area contributed by atoms with Crippen molar-refractivity contribution < 1.29 is 9.90 Å². The van der Waals surface area contributed by atoms with Crippen LogP contribution in [0.15, 0.2) is 24.3 Å². The lowest BCUT2D eigenvalue weighted by atomic mass is 10.00. The maximum Gasteiger partial charge on any atom is 0.328 e. The first-order valence-corrected chi connectivity index (χ1v) is 6.67. The zero-order chi connectivity index (χ0) is 14.8. The maximum absolute atomic E-state index is 10.5. The summed E-state index contributed by atoms with van der Waals surface area (Å²) >= 11 is 0. The minimum absolute atomic E-state index is 0.0595. The highest BCUT2D eigenvalue weighted by Gasteiger charge is 2.33. The van der Waals surface area contributed by atoms with Crippen LogP contribution in [-0.4, -0.2) is 23.2 Å². The first-order chi connectivity index (χ1) is 9.44. The number of carboxylic acids is 1. The monoisotopic (exact) mass is 270 g/mol. The Morgan fingerprint density at radius 2 is 2.25 bits per heavy atom. The summed E-state index contributed by atoms with van der Waals surface area (Å²) < 4.78 is 0. The molecule has 1 aliphatic rings. The van der Waals surface area contributed by atoms with E-state index in [1.807, 2.05) is 12.1 Å². The number of hydrogen-bond donors (Lipinski definition) is 1. The molecule has 1 heterocycles. The van der Waals surface area contributed by atoms with E-state index < -0.39 is 5.97 Å². The van der Waals surface area contributed by atoms with Gasteiger partial charge in [-0.25, -0.2) is 4.79 Å². The van der Waals surface area contributed by atoms with Crippen molar-refractivity contribution in [2.45, 2.75) is 32.2 Å². The standard InChI is InChI=1S/C16H18N2O2/c1-16(2)8-3-9-18(16)14-6-4-12(5-7-15(19)20)10-13(14)11-17/h4-7,10H,3,8-9H2,1-2H3,(H,19,20)/b7-5+. The van der Waals surface area contributed by atoms with Crippen molar-refractivity contribution in [2.24, 2.45) is 0 Å². The maximum atomic E-state index is 10.5. The number of anilines is 1. The molecule has 0 radical (unpaired) electrons. The Kier molecular flexibility index (Phi) is 3.80. The van der Waals surface area contributed by atoms with Crippen LogP contribution in [0.5, 0.6) is 0 Å². The average molecular weight is 270 g/mol. The van der Waals surface area contributed by atoms with Gasteiger partial charge in [-0.3, -0.25) is 0 Å². The van der Waals surface area contributed by atoms with Gasteiger partial charge in [0.05, 0.1) is 11.3 Å². The van der Waals surface area contributed by atoms with E-state index in [0.717, 1.165) is 36.7 Å². The highest BCUT2D eigenvalue weighted by Crippen LogP contribution is 2.35. The fourth-order valence-electron chi connectivity index (χ4n) is 2.70. The van der Waals surface area contributed by atoms with Gasteiger partial charge in [0, 0.05) is 18.2 Å². The van der Waals surface area contributed by atoms with Gasteiger partial charge in [0.2, 0.25) is 0 Å².